The van der Waals surface area contributed by atoms with Gasteiger partial charge < -0.3 is 21.9 Å². The Morgan fingerprint density at radius 1 is 1.23 bits per heavy atom. The molecule has 0 saturated heterocycles. The Balaban J connectivity index is 2.31. The molecular weight excluding hydrogens is 415 g/mol. The van der Waals surface area contributed by atoms with Gasteiger partial charge in [0.05, 0.1) is 22.5 Å². The van der Waals surface area contributed by atoms with E-state index < -0.39 is 35.0 Å². The van der Waals surface area contributed by atoms with Gasteiger partial charge in [0.15, 0.2) is 0 Å². The third-order valence-corrected chi connectivity index (χ3v) is 4.07. The largest absolute Gasteiger partial charge is 0.433 e. The second kappa shape index (κ2) is 9.13. The van der Waals surface area contributed by atoms with Crippen molar-refractivity contribution in [2.75, 3.05) is 5.32 Å². The van der Waals surface area contributed by atoms with Crippen molar-refractivity contribution in [2.45, 2.75) is 38.5 Å². The molecule has 0 radical (unpaired) electrons. The van der Waals surface area contributed by atoms with E-state index in [1.54, 1.807) is 13.8 Å². The zero-order valence-corrected chi connectivity index (χ0v) is 16.8. The monoisotopic (exact) mass is 437 g/mol. The maximum Gasteiger partial charge on any atom is 0.433 e. The number of aliphatic hydroxyl groups is 1. The van der Waals surface area contributed by atoms with Crippen LogP contribution in [0.5, 0.6) is 0 Å². The lowest BCUT2D eigenvalue weighted by Crippen LogP contribution is -2.21. The van der Waals surface area contributed by atoms with Gasteiger partial charge in [0.2, 0.25) is 0 Å². The second-order valence-corrected chi connectivity index (χ2v) is 7.41. The van der Waals surface area contributed by atoms with E-state index in [1.165, 1.54) is 12.1 Å². The fourth-order valence-electron chi connectivity index (χ4n) is 2.47. The third-order valence-electron chi connectivity index (χ3n) is 4.07. The van der Waals surface area contributed by atoms with Crippen molar-refractivity contribution >= 4 is 23.6 Å². The number of anilines is 1. The van der Waals surface area contributed by atoms with Gasteiger partial charge in [0, 0.05) is 11.9 Å². The molecule has 2 aromatic rings. The van der Waals surface area contributed by atoms with Crippen LogP contribution < -0.4 is 16.8 Å². The number of nitrogens with one attached hydrogen (secondary N) is 1. The highest BCUT2D eigenvalue weighted by Gasteiger charge is 2.33. The lowest BCUT2D eigenvalue weighted by molar-refractivity contribution is -0.141. The number of amides is 2. The van der Waals surface area contributed by atoms with Crippen molar-refractivity contribution in [3.63, 3.8) is 0 Å². The van der Waals surface area contributed by atoms with Gasteiger partial charge in [-0.25, -0.2) is 4.98 Å². The molecule has 0 aromatic carbocycles. The van der Waals surface area contributed by atoms with Crippen molar-refractivity contribution < 1.29 is 27.9 Å². The molecule has 0 aliphatic heterocycles. The van der Waals surface area contributed by atoms with E-state index >= 15 is 0 Å². The Kier molecular flexibility index (Phi) is 7.01. The topological polar surface area (TPSA) is 144 Å². The van der Waals surface area contributed by atoms with Crippen molar-refractivity contribution in [3.8, 4) is 0 Å². The van der Waals surface area contributed by atoms with E-state index in [9.17, 15) is 27.9 Å². The van der Waals surface area contributed by atoms with E-state index in [1.807, 2.05) is 0 Å². The molecule has 0 aliphatic rings. The van der Waals surface area contributed by atoms with Crippen LogP contribution in [0.3, 0.4) is 0 Å². The maximum absolute atomic E-state index is 12.8. The molecule has 31 heavy (non-hydrogen) atoms. The van der Waals surface area contributed by atoms with E-state index in [0.29, 0.717) is 18.5 Å². The van der Waals surface area contributed by atoms with Crippen LogP contribution in [-0.4, -0.2) is 32.5 Å². The number of halogens is 3. The summed E-state index contributed by atoms with van der Waals surface area (Å²) in [5.74, 6) is -1.87. The zero-order chi connectivity index (χ0) is 23.4. The van der Waals surface area contributed by atoms with E-state index in [2.05, 4.69) is 15.3 Å². The molecule has 2 aromatic heterocycles. The van der Waals surface area contributed by atoms with Crippen LogP contribution in [-0.2, 0) is 6.18 Å². The van der Waals surface area contributed by atoms with Gasteiger partial charge in [-0.3, -0.25) is 14.6 Å². The second-order valence-electron chi connectivity index (χ2n) is 7.41. The summed E-state index contributed by atoms with van der Waals surface area (Å²) in [7, 11) is 0. The molecule has 11 heteroatoms. The van der Waals surface area contributed by atoms with Gasteiger partial charge in [-0.05, 0) is 51.0 Å². The number of hydrogen-bond donors (Lipinski definition) is 4. The molecule has 2 amide bonds. The van der Waals surface area contributed by atoms with Crippen LogP contribution in [0.2, 0.25) is 0 Å². The van der Waals surface area contributed by atoms with E-state index in [-0.39, 0.29) is 16.9 Å². The Morgan fingerprint density at radius 2 is 1.90 bits per heavy atom. The molecule has 2 rings (SSSR count). The number of alkyl halides is 3. The minimum Gasteiger partial charge on any atom is -0.402 e. The quantitative estimate of drug-likeness (QED) is 0.524. The van der Waals surface area contributed by atoms with Crippen LogP contribution in [0.25, 0.3) is 6.08 Å². The average molecular weight is 437 g/mol. The highest BCUT2D eigenvalue weighted by atomic mass is 19.4. The van der Waals surface area contributed by atoms with E-state index in [4.69, 9.17) is 11.5 Å². The predicted molar refractivity (Wildman–Crippen MR) is 108 cm³/mol. The van der Waals surface area contributed by atoms with Crippen molar-refractivity contribution in [3.05, 3.63) is 58.8 Å². The minimum atomic E-state index is -4.72. The molecule has 0 saturated carbocycles. The summed E-state index contributed by atoms with van der Waals surface area (Å²) in [5.41, 5.74) is 9.03. The van der Waals surface area contributed by atoms with Crippen LogP contribution in [0.1, 0.15) is 58.9 Å². The molecule has 166 valence electrons. The van der Waals surface area contributed by atoms with E-state index in [0.717, 1.165) is 24.4 Å². The van der Waals surface area contributed by atoms with Crippen LogP contribution in [0.4, 0.5) is 18.9 Å². The van der Waals surface area contributed by atoms with Crippen molar-refractivity contribution in [1.29, 1.82) is 0 Å². The lowest BCUT2D eigenvalue weighted by atomic mass is 10.0. The molecular formula is C20H22F3N5O3. The van der Waals surface area contributed by atoms with Crippen LogP contribution in [0, 0.1) is 0 Å². The number of hydrogen-bond acceptors (Lipinski definition) is 6. The molecule has 6 N–H and O–H groups in total. The average Bonchev–Trinajstić information content (AvgIpc) is 2.65. The molecule has 8 nitrogen and oxygen atoms in total. The fraction of sp³-hybridized carbons (Fsp3) is 0.300. The number of pyridine rings is 2. The SMILES string of the molecule is CC(C)(O)CCC(N)=Cc1cc(NC(=O)c2cccc(C(F)(F)F)n2)c(C(N)=O)cn1. The number of nitrogens with zero attached hydrogens (tertiary/aromatic N) is 2. The Bertz CT molecular complexity index is 1010. The normalized spacial score (nSPS) is 12.5. The Labute approximate surface area is 176 Å². The molecule has 0 fully saturated rings. The molecule has 0 bridgehead atoms. The van der Waals surface area contributed by atoms with Crippen LogP contribution >= 0.6 is 0 Å². The van der Waals surface area contributed by atoms with Gasteiger partial charge in [0.1, 0.15) is 11.4 Å². The summed E-state index contributed by atoms with van der Waals surface area (Å²) >= 11 is 0. The predicted octanol–water partition coefficient (Wildman–Crippen LogP) is 2.70. The van der Waals surface area contributed by atoms with Crippen molar-refractivity contribution in [2.24, 2.45) is 11.5 Å². The third kappa shape index (κ3) is 7.07. The first-order chi connectivity index (χ1) is 14.3. The molecule has 0 unspecified atom stereocenters. The summed E-state index contributed by atoms with van der Waals surface area (Å²) in [4.78, 5) is 31.4. The number of carbonyl (C=O) groups is 2. The maximum atomic E-state index is 12.8. The molecule has 0 aliphatic carbocycles. The minimum absolute atomic E-state index is 0.0618. The summed E-state index contributed by atoms with van der Waals surface area (Å²) in [6.45, 7) is 3.27. The van der Waals surface area contributed by atoms with Gasteiger partial charge >= 0.3 is 6.18 Å². The fourth-order valence-corrected chi connectivity index (χ4v) is 2.47. The number of aromatic nitrogens is 2. The van der Waals surface area contributed by atoms with Gasteiger partial charge in [0.25, 0.3) is 11.8 Å². The summed E-state index contributed by atoms with van der Waals surface area (Å²) in [6, 6.07) is 4.19. The molecule has 0 atom stereocenters. The highest BCUT2D eigenvalue weighted by molar-refractivity contribution is 6.07. The van der Waals surface area contributed by atoms with Gasteiger partial charge in [-0.2, -0.15) is 13.2 Å². The first kappa shape index (κ1) is 23.8. The summed E-state index contributed by atoms with van der Waals surface area (Å²) in [5, 5.41) is 12.1. The highest BCUT2D eigenvalue weighted by Crippen LogP contribution is 2.27. The Hall–Kier alpha value is -3.47. The number of nitrogens with two attached hydrogens (primary N) is 2. The lowest BCUT2D eigenvalue weighted by Gasteiger charge is -2.16. The number of primary amides is 1. The van der Waals surface area contributed by atoms with Gasteiger partial charge in [-0.15, -0.1) is 0 Å². The van der Waals surface area contributed by atoms with Gasteiger partial charge in [-0.1, -0.05) is 6.07 Å². The van der Waals surface area contributed by atoms with Crippen LogP contribution in [0.15, 0.2) is 36.2 Å². The van der Waals surface area contributed by atoms with Crippen molar-refractivity contribution in [1.82, 2.24) is 9.97 Å². The zero-order valence-electron chi connectivity index (χ0n) is 16.8. The smallest absolute Gasteiger partial charge is 0.402 e. The first-order valence-corrected chi connectivity index (χ1v) is 9.10. The number of rotatable bonds is 7. The Morgan fingerprint density at radius 3 is 2.48 bits per heavy atom. The number of carbonyl (C=O) groups excluding carboxylic acids is 2. The molecule has 0 spiro atoms. The first-order valence-electron chi connectivity index (χ1n) is 9.10. The summed E-state index contributed by atoms with van der Waals surface area (Å²) < 4.78 is 38.5. The number of allylic oxidation sites excluding steroid dienone is 1. The summed E-state index contributed by atoms with van der Waals surface area (Å²) in [6.07, 6.45) is -1.37. The standard InChI is InChI=1S/C20H22F3N5O3/c1-19(2,31)7-6-11(24)8-12-9-15(13(10-26-12)17(25)29)28-18(30)14-4-3-5-16(27-14)20(21,22)23/h3-5,8-10,31H,6-7,24H2,1-2H3,(H2,25,29)(H,26,28,30). The molecule has 2 heterocycles.